The highest BCUT2D eigenvalue weighted by Gasteiger charge is 2.21. The van der Waals surface area contributed by atoms with E-state index in [1.165, 1.54) is 7.11 Å². The highest BCUT2D eigenvalue weighted by Crippen LogP contribution is 2.32. The van der Waals surface area contributed by atoms with E-state index >= 15 is 0 Å². The molecule has 1 rings (SSSR count). The molecule has 0 aliphatic carbocycles. The number of ether oxygens (including phenoxy) is 1. The highest BCUT2D eigenvalue weighted by atomic mass is 79.9. The van der Waals surface area contributed by atoms with Crippen molar-refractivity contribution in [2.45, 2.75) is 13.3 Å². The fraction of sp³-hybridized carbons (Fsp3) is 0.300. The number of aryl methyl sites for hydroxylation is 1. The first-order chi connectivity index (χ1) is 7.47. The molecule has 0 bridgehead atoms. The molecule has 16 heavy (non-hydrogen) atoms. The minimum atomic E-state index is -0.505. The number of rotatable bonds is 3. The summed E-state index contributed by atoms with van der Waals surface area (Å²) < 4.78 is 4.88. The molecule has 0 N–H and O–H groups in total. The van der Waals surface area contributed by atoms with Crippen LogP contribution < -0.4 is 0 Å². The third kappa shape index (κ3) is 2.57. The topological polar surface area (TPSA) is 69.4 Å². The fourth-order valence-electron chi connectivity index (χ4n) is 1.27. The van der Waals surface area contributed by atoms with Crippen molar-refractivity contribution in [3.05, 3.63) is 37.8 Å². The van der Waals surface area contributed by atoms with Crippen LogP contribution in [0, 0.1) is 17.0 Å². The minimum Gasteiger partial charge on any atom is -0.469 e. The van der Waals surface area contributed by atoms with E-state index in [4.69, 9.17) is 0 Å². The predicted octanol–water partition coefficient (Wildman–Crippen LogP) is 2.38. The number of benzene rings is 1. The fourth-order valence-corrected chi connectivity index (χ4v) is 1.80. The van der Waals surface area contributed by atoms with Crippen LogP contribution >= 0.6 is 15.9 Å². The van der Waals surface area contributed by atoms with Crippen LogP contribution in [0.4, 0.5) is 5.69 Å². The Morgan fingerprint density at radius 3 is 2.69 bits per heavy atom. The third-order valence-electron chi connectivity index (χ3n) is 2.14. The standard InChI is InChI=1S/C10H10BrNO4/c1-6-3-4-7(5-8(13)16-2)10(9(6)11)12(14)15/h3-4H,5H2,1-2H3. The molecule has 0 heterocycles. The Morgan fingerprint density at radius 2 is 2.19 bits per heavy atom. The maximum atomic E-state index is 11.1. The monoisotopic (exact) mass is 287 g/mol. The van der Waals surface area contributed by atoms with Crippen molar-refractivity contribution in [1.29, 1.82) is 0 Å². The molecule has 0 aliphatic rings. The molecular weight excluding hydrogens is 278 g/mol. The second kappa shape index (κ2) is 5.07. The van der Waals surface area contributed by atoms with Crippen LogP contribution in [0.2, 0.25) is 0 Å². The first-order valence-electron chi connectivity index (χ1n) is 4.46. The van der Waals surface area contributed by atoms with Crippen molar-refractivity contribution < 1.29 is 14.5 Å². The number of nitro groups is 1. The van der Waals surface area contributed by atoms with E-state index in [1.807, 2.05) is 0 Å². The lowest BCUT2D eigenvalue weighted by molar-refractivity contribution is -0.386. The number of methoxy groups -OCH3 is 1. The summed E-state index contributed by atoms with van der Waals surface area (Å²) in [7, 11) is 1.25. The molecule has 0 aliphatic heterocycles. The summed E-state index contributed by atoms with van der Waals surface area (Å²) in [5.74, 6) is -0.501. The Bertz CT molecular complexity index is 445. The van der Waals surface area contributed by atoms with Gasteiger partial charge in [-0.2, -0.15) is 0 Å². The maximum Gasteiger partial charge on any atom is 0.310 e. The Morgan fingerprint density at radius 1 is 1.56 bits per heavy atom. The molecule has 0 amide bonds. The van der Waals surface area contributed by atoms with Gasteiger partial charge < -0.3 is 4.74 Å². The summed E-state index contributed by atoms with van der Waals surface area (Å²) in [4.78, 5) is 21.5. The summed E-state index contributed by atoms with van der Waals surface area (Å²) in [5, 5.41) is 10.9. The first-order valence-corrected chi connectivity index (χ1v) is 5.26. The van der Waals surface area contributed by atoms with Gasteiger partial charge in [0, 0.05) is 5.56 Å². The van der Waals surface area contributed by atoms with Gasteiger partial charge in [0.05, 0.1) is 22.9 Å². The molecule has 0 atom stereocenters. The van der Waals surface area contributed by atoms with Crippen LogP contribution in [0.15, 0.2) is 16.6 Å². The van der Waals surface area contributed by atoms with E-state index < -0.39 is 10.9 Å². The smallest absolute Gasteiger partial charge is 0.310 e. The van der Waals surface area contributed by atoms with E-state index in [9.17, 15) is 14.9 Å². The molecule has 1 aromatic rings. The normalized spacial score (nSPS) is 9.94. The number of hydrogen-bond donors (Lipinski definition) is 0. The summed E-state index contributed by atoms with van der Waals surface area (Å²) in [5.41, 5.74) is 1.01. The van der Waals surface area contributed by atoms with Crippen molar-refractivity contribution in [2.24, 2.45) is 0 Å². The van der Waals surface area contributed by atoms with Gasteiger partial charge in [-0.3, -0.25) is 14.9 Å². The molecular formula is C10H10BrNO4. The van der Waals surface area contributed by atoms with Crippen LogP contribution in [-0.4, -0.2) is 18.0 Å². The van der Waals surface area contributed by atoms with E-state index in [1.54, 1.807) is 19.1 Å². The zero-order valence-corrected chi connectivity index (χ0v) is 10.4. The lowest BCUT2D eigenvalue weighted by Gasteiger charge is -2.05. The quantitative estimate of drug-likeness (QED) is 0.486. The second-order valence-corrected chi connectivity index (χ2v) is 4.01. The average Bonchev–Trinajstić information content (AvgIpc) is 2.23. The number of halogens is 1. The van der Waals surface area contributed by atoms with Gasteiger partial charge in [0.2, 0.25) is 0 Å². The highest BCUT2D eigenvalue weighted by molar-refractivity contribution is 9.10. The predicted molar refractivity (Wildman–Crippen MR) is 61.3 cm³/mol. The molecule has 0 radical (unpaired) electrons. The number of carbonyl (C=O) groups is 1. The Balaban J connectivity index is 3.23. The Labute approximate surface area is 101 Å². The van der Waals surface area contributed by atoms with Crippen molar-refractivity contribution in [3.63, 3.8) is 0 Å². The third-order valence-corrected chi connectivity index (χ3v) is 3.14. The largest absolute Gasteiger partial charge is 0.469 e. The lowest BCUT2D eigenvalue weighted by Crippen LogP contribution is -2.07. The summed E-state index contributed by atoms with van der Waals surface area (Å²) in [6, 6.07) is 3.28. The van der Waals surface area contributed by atoms with Crippen LogP contribution in [0.25, 0.3) is 0 Å². The van der Waals surface area contributed by atoms with Gasteiger partial charge in [-0.1, -0.05) is 12.1 Å². The van der Waals surface area contributed by atoms with Gasteiger partial charge in [0.15, 0.2) is 0 Å². The van der Waals surface area contributed by atoms with E-state index in [0.717, 1.165) is 5.56 Å². The molecule has 86 valence electrons. The van der Waals surface area contributed by atoms with Crippen molar-refractivity contribution in [1.82, 2.24) is 0 Å². The molecule has 0 aromatic heterocycles. The zero-order valence-electron chi connectivity index (χ0n) is 8.82. The first kappa shape index (κ1) is 12.6. The van der Waals surface area contributed by atoms with E-state index in [-0.39, 0.29) is 12.1 Å². The summed E-state index contributed by atoms with van der Waals surface area (Å²) in [6.07, 6.45) is -0.105. The van der Waals surface area contributed by atoms with Gasteiger partial charge in [-0.25, -0.2) is 0 Å². The molecule has 0 saturated heterocycles. The zero-order chi connectivity index (χ0) is 12.3. The Kier molecular flexibility index (Phi) is 4.00. The molecule has 6 heteroatoms. The van der Waals surface area contributed by atoms with Gasteiger partial charge in [-0.15, -0.1) is 0 Å². The van der Waals surface area contributed by atoms with Gasteiger partial charge in [0.25, 0.3) is 5.69 Å². The number of hydrogen-bond acceptors (Lipinski definition) is 4. The van der Waals surface area contributed by atoms with Gasteiger partial charge in [-0.05, 0) is 28.4 Å². The van der Waals surface area contributed by atoms with E-state index in [2.05, 4.69) is 20.7 Å². The van der Waals surface area contributed by atoms with E-state index in [0.29, 0.717) is 10.0 Å². The Hall–Kier alpha value is -1.43. The molecule has 0 spiro atoms. The summed E-state index contributed by atoms with van der Waals surface area (Å²) in [6.45, 7) is 1.75. The number of esters is 1. The number of nitro benzene ring substituents is 1. The molecule has 0 saturated carbocycles. The average molecular weight is 288 g/mol. The number of nitrogens with zero attached hydrogens (tertiary/aromatic N) is 1. The maximum absolute atomic E-state index is 11.1. The van der Waals surface area contributed by atoms with Crippen LogP contribution in [0.5, 0.6) is 0 Å². The number of carbonyl (C=O) groups excluding carboxylic acids is 1. The van der Waals surface area contributed by atoms with Crippen molar-refractivity contribution >= 4 is 27.6 Å². The minimum absolute atomic E-state index is 0.0783. The SMILES string of the molecule is COC(=O)Cc1ccc(C)c(Br)c1[N+](=O)[O-]. The molecule has 5 nitrogen and oxygen atoms in total. The molecule has 0 fully saturated rings. The van der Waals surface area contributed by atoms with Crippen LogP contribution in [0.1, 0.15) is 11.1 Å². The molecule has 1 aromatic carbocycles. The van der Waals surface area contributed by atoms with Crippen molar-refractivity contribution in [3.8, 4) is 0 Å². The van der Waals surface area contributed by atoms with Gasteiger partial charge in [0.1, 0.15) is 0 Å². The van der Waals surface area contributed by atoms with Crippen molar-refractivity contribution in [2.75, 3.05) is 7.11 Å². The second-order valence-electron chi connectivity index (χ2n) is 3.21. The van der Waals surface area contributed by atoms with Gasteiger partial charge >= 0.3 is 5.97 Å². The van der Waals surface area contributed by atoms with Crippen LogP contribution in [-0.2, 0) is 16.0 Å². The van der Waals surface area contributed by atoms with Crippen LogP contribution in [0.3, 0.4) is 0 Å². The lowest BCUT2D eigenvalue weighted by atomic mass is 10.1. The molecule has 0 unspecified atom stereocenters. The summed E-state index contributed by atoms with van der Waals surface area (Å²) >= 11 is 3.15.